The number of furan rings is 1. The largest absolute Gasteiger partial charge is 0.462 e. The fourth-order valence-corrected chi connectivity index (χ4v) is 2.98. The van der Waals surface area contributed by atoms with Crippen molar-refractivity contribution in [3.63, 3.8) is 0 Å². The van der Waals surface area contributed by atoms with Gasteiger partial charge in [0.25, 0.3) is 0 Å². The number of carbonyl (C=O) groups excluding carboxylic acids is 1. The van der Waals surface area contributed by atoms with Crippen molar-refractivity contribution in [2.45, 2.75) is 6.92 Å². The quantitative estimate of drug-likeness (QED) is 0.847. The molecule has 3 rings (SSSR count). The van der Waals surface area contributed by atoms with E-state index in [4.69, 9.17) is 16.0 Å². The lowest BCUT2D eigenvalue weighted by molar-refractivity contribution is -0.111. The molecule has 1 saturated heterocycles. The van der Waals surface area contributed by atoms with Gasteiger partial charge in [0.05, 0.1) is 11.4 Å². The van der Waals surface area contributed by atoms with Crippen molar-refractivity contribution in [1.82, 2.24) is 4.90 Å². The van der Waals surface area contributed by atoms with Crippen LogP contribution in [0.25, 0.3) is 6.08 Å². The second-order valence-electron chi connectivity index (χ2n) is 6.22. The standard InChI is InChI=1S/C19H22ClN3O2/c1-14-3-5-16(25-14)6-8-19(24)21-17-13-15(20)4-7-18(17)23-11-9-22(2)10-12-23/h3-8,13H,9-12H2,1-2H3,(H,21,24). The summed E-state index contributed by atoms with van der Waals surface area (Å²) in [6.07, 6.45) is 3.12. The van der Waals surface area contributed by atoms with Crippen LogP contribution in [0.1, 0.15) is 11.5 Å². The van der Waals surface area contributed by atoms with E-state index in [-0.39, 0.29) is 5.91 Å². The zero-order valence-electron chi connectivity index (χ0n) is 14.5. The van der Waals surface area contributed by atoms with Gasteiger partial charge in [-0.05, 0) is 50.4 Å². The Morgan fingerprint density at radius 2 is 1.96 bits per heavy atom. The number of aryl methyl sites for hydroxylation is 1. The molecule has 0 unspecified atom stereocenters. The predicted octanol–water partition coefficient (Wildman–Crippen LogP) is 3.65. The molecule has 1 aliphatic rings. The van der Waals surface area contributed by atoms with E-state index in [1.807, 2.05) is 31.2 Å². The highest BCUT2D eigenvalue weighted by atomic mass is 35.5. The van der Waals surface area contributed by atoms with Crippen LogP contribution in [0.15, 0.2) is 40.8 Å². The molecule has 25 heavy (non-hydrogen) atoms. The number of piperazine rings is 1. The van der Waals surface area contributed by atoms with Crippen LogP contribution >= 0.6 is 11.6 Å². The smallest absolute Gasteiger partial charge is 0.248 e. The first kappa shape index (κ1) is 17.6. The van der Waals surface area contributed by atoms with Crippen LogP contribution in [0.5, 0.6) is 0 Å². The number of amides is 1. The average molecular weight is 360 g/mol. The van der Waals surface area contributed by atoms with Crippen LogP contribution in [0.4, 0.5) is 11.4 Å². The second kappa shape index (κ2) is 7.76. The van der Waals surface area contributed by atoms with E-state index in [9.17, 15) is 4.79 Å². The number of rotatable bonds is 4. The van der Waals surface area contributed by atoms with Gasteiger partial charge in [0.15, 0.2) is 0 Å². The normalized spacial score (nSPS) is 15.7. The third-order valence-corrected chi connectivity index (χ3v) is 4.46. The predicted molar refractivity (Wildman–Crippen MR) is 102 cm³/mol. The average Bonchev–Trinajstić information content (AvgIpc) is 3.00. The van der Waals surface area contributed by atoms with Crippen molar-refractivity contribution >= 4 is 35.0 Å². The molecule has 0 bridgehead atoms. The van der Waals surface area contributed by atoms with Crippen LogP contribution in [0, 0.1) is 6.92 Å². The van der Waals surface area contributed by atoms with Crippen LogP contribution in [-0.4, -0.2) is 44.0 Å². The highest BCUT2D eigenvalue weighted by molar-refractivity contribution is 6.31. The lowest BCUT2D eigenvalue weighted by atomic mass is 10.2. The molecule has 1 fully saturated rings. The molecule has 132 valence electrons. The molecular weight excluding hydrogens is 338 g/mol. The number of carbonyl (C=O) groups is 1. The molecule has 0 saturated carbocycles. The Hall–Kier alpha value is -2.24. The first-order chi connectivity index (χ1) is 12.0. The van der Waals surface area contributed by atoms with E-state index in [2.05, 4.69) is 22.2 Å². The van der Waals surface area contributed by atoms with Gasteiger partial charge < -0.3 is 19.5 Å². The number of benzene rings is 1. The molecule has 6 heteroatoms. The zero-order chi connectivity index (χ0) is 17.8. The van der Waals surface area contributed by atoms with Crippen molar-refractivity contribution in [1.29, 1.82) is 0 Å². The van der Waals surface area contributed by atoms with Crippen molar-refractivity contribution < 1.29 is 9.21 Å². The van der Waals surface area contributed by atoms with Crippen LogP contribution in [0.2, 0.25) is 5.02 Å². The summed E-state index contributed by atoms with van der Waals surface area (Å²) < 4.78 is 5.43. The monoisotopic (exact) mass is 359 g/mol. The van der Waals surface area contributed by atoms with Gasteiger partial charge in [-0.25, -0.2) is 0 Å². The number of anilines is 2. The second-order valence-corrected chi connectivity index (χ2v) is 6.66. The molecular formula is C19H22ClN3O2. The first-order valence-corrected chi connectivity index (χ1v) is 8.67. The minimum Gasteiger partial charge on any atom is -0.462 e. The maximum absolute atomic E-state index is 12.3. The van der Waals surface area contributed by atoms with Gasteiger partial charge in [-0.2, -0.15) is 0 Å². The molecule has 0 spiro atoms. The lowest BCUT2D eigenvalue weighted by Crippen LogP contribution is -2.44. The Morgan fingerprint density at radius 3 is 2.64 bits per heavy atom. The molecule has 0 aliphatic carbocycles. The number of nitrogens with zero attached hydrogens (tertiary/aromatic N) is 2. The van der Waals surface area contributed by atoms with Gasteiger partial charge in [-0.15, -0.1) is 0 Å². The number of nitrogens with one attached hydrogen (secondary N) is 1. The minimum absolute atomic E-state index is 0.216. The molecule has 1 aliphatic heterocycles. The molecule has 5 nitrogen and oxygen atoms in total. The van der Waals surface area contributed by atoms with E-state index in [1.165, 1.54) is 6.08 Å². The summed E-state index contributed by atoms with van der Waals surface area (Å²) in [5.41, 5.74) is 1.72. The van der Waals surface area contributed by atoms with E-state index in [0.717, 1.165) is 43.3 Å². The Labute approximate surface area is 152 Å². The molecule has 1 aromatic carbocycles. The SMILES string of the molecule is Cc1ccc(C=CC(=O)Nc2cc(Cl)ccc2N2CCN(C)CC2)o1. The van der Waals surface area contributed by atoms with Gasteiger partial charge in [-0.3, -0.25) is 4.79 Å². The third kappa shape index (κ3) is 4.65. The van der Waals surface area contributed by atoms with E-state index in [1.54, 1.807) is 12.1 Å². The summed E-state index contributed by atoms with van der Waals surface area (Å²) in [6, 6.07) is 9.29. The Morgan fingerprint density at radius 1 is 1.20 bits per heavy atom. The summed E-state index contributed by atoms with van der Waals surface area (Å²) in [6.45, 7) is 5.69. The van der Waals surface area contributed by atoms with Gasteiger partial charge >= 0.3 is 0 Å². The van der Waals surface area contributed by atoms with Gasteiger partial charge in [0, 0.05) is 37.3 Å². The van der Waals surface area contributed by atoms with Crippen molar-refractivity contribution in [3.8, 4) is 0 Å². The van der Waals surface area contributed by atoms with Crippen LogP contribution < -0.4 is 10.2 Å². The topological polar surface area (TPSA) is 48.7 Å². The highest BCUT2D eigenvalue weighted by Gasteiger charge is 2.18. The highest BCUT2D eigenvalue weighted by Crippen LogP contribution is 2.30. The van der Waals surface area contributed by atoms with Crippen LogP contribution in [0.3, 0.4) is 0 Å². The molecule has 1 N–H and O–H groups in total. The molecule has 1 amide bonds. The molecule has 2 aromatic rings. The van der Waals surface area contributed by atoms with Crippen molar-refractivity contribution in [2.24, 2.45) is 0 Å². The summed E-state index contributed by atoms with van der Waals surface area (Å²) in [4.78, 5) is 16.8. The Balaban J connectivity index is 1.73. The molecule has 0 atom stereocenters. The minimum atomic E-state index is -0.216. The molecule has 2 heterocycles. The van der Waals surface area contributed by atoms with Gasteiger partial charge in [-0.1, -0.05) is 11.6 Å². The number of halogens is 1. The number of hydrogen-bond acceptors (Lipinski definition) is 4. The Kier molecular flexibility index (Phi) is 5.46. The summed E-state index contributed by atoms with van der Waals surface area (Å²) >= 11 is 6.13. The van der Waals surface area contributed by atoms with E-state index in [0.29, 0.717) is 10.8 Å². The molecule has 0 radical (unpaired) electrons. The lowest BCUT2D eigenvalue weighted by Gasteiger charge is -2.35. The maximum Gasteiger partial charge on any atom is 0.248 e. The van der Waals surface area contributed by atoms with Crippen LogP contribution in [-0.2, 0) is 4.79 Å². The third-order valence-electron chi connectivity index (χ3n) is 4.22. The fourth-order valence-electron chi connectivity index (χ4n) is 2.81. The van der Waals surface area contributed by atoms with E-state index >= 15 is 0 Å². The fraction of sp³-hybridized carbons (Fsp3) is 0.316. The van der Waals surface area contributed by atoms with Gasteiger partial charge in [0.2, 0.25) is 5.91 Å². The maximum atomic E-state index is 12.3. The zero-order valence-corrected chi connectivity index (χ0v) is 15.2. The van der Waals surface area contributed by atoms with Crippen molar-refractivity contribution in [2.75, 3.05) is 43.4 Å². The van der Waals surface area contributed by atoms with Crippen molar-refractivity contribution in [3.05, 3.63) is 53.0 Å². The summed E-state index contributed by atoms with van der Waals surface area (Å²) in [5.74, 6) is 1.25. The molecule has 1 aromatic heterocycles. The number of likely N-dealkylation sites (N-methyl/N-ethyl adjacent to an activating group) is 1. The first-order valence-electron chi connectivity index (χ1n) is 8.30. The Bertz CT molecular complexity index is 777. The van der Waals surface area contributed by atoms with E-state index < -0.39 is 0 Å². The summed E-state index contributed by atoms with van der Waals surface area (Å²) in [7, 11) is 2.11. The number of hydrogen-bond donors (Lipinski definition) is 1. The van der Waals surface area contributed by atoms with Gasteiger partial charge in [0.1, 0.15) is 11.5 Å². The summed E-state index contributed by atoms with van der Waals surface area (Å²) in [5, 5.41) is 3.53.